The van der Waals surface area contributed by atoms with Crippen LogP contribution in [0.3, 0.4) is 0 Å². The van der Waals surface area contributed by atoms with Crippen molar-refractivity contribution in [2.24, 2.45) is 0 Å². The molecule has 2 aromatic carbocycles. The molecule has 1 aliphatic heterocycles. The van der Waals surface area contributed by atoms with E-state index in [9.17, 15) is 22.8 Å². The number of hydrogen-bond acceptors (Lipinski definition) is 2. The molecule has 1 aliphatic rings. The number of amides is 2. The Balaban J connectivity index is 1.40. The highest BCUT2D eigenvalue weighted by molar-refractivity contribution is 6.00. The highest BCUT2D eigenvalue weighted by Crippen LogP contribution is 2.29. The van der Waals surface area contributed by atoms with Crippen LogP contribution in [0.2, 0.25) is 0 Å². The molecule has 1 atom stereocenters. The molecule has 5 nitrogen and oxygen atoms in total. The normalized spacial score (nSPS) is 16.4. The summed E-state index contributed by atoms with van der Waals surface area (Å²) >= 11 is 0. The van der Waals surface area contributed by atoms with E-state index in [2.05, 4.69) is 10.6 Å². The van der Waals surface area contributed by atoms with Crippen LogP contribution in [0.5, 0.6) is 0 Å². The SMILES string of the molecule is O=C(C[C@H]1Cn2c(cc3ccccc32)C(=O)N1)NCc1cccc(C(F)(F)F)c1. The first-order valence-electron chi connectivity index (χ1n) is 9.13. The number of rotatable bonds is 4. The van der Waals surface area contributed by atoms with Crippen molar-refractivity contribution < 1.29 is 22.8 Å². The molecule has 0 spiro atoms. The number of halogens is 3. The van der Waals surface area contributed by atoms with Gasteiger partial charge in [0.25, 0.3) is 5.91 Å². The zero-order valence-corrected chi connectivity index (χ0v) is 15.3. The van der Waals surface area contributed by atoms with E-state index in [4.69, 9.17) is 0 Å². The summed E-state index contributed by atoms with van der Waals surface area (Å²) in [6, 6.07) is 13.9. The molecule has 0 bridgehead atoms. The zero-order valence-electron chi connectivity index (χ0n) is 15.3. The van der Waals surface area contributed by atoms with E-state index in [0.717, 1.165) is 23.0 Å². The van der Waals surface area contributed by atoms with Crippen molar-refractivity contribution in [3.05, 3.63) is 71.4 Å². The quantitative estimate of drug-likeness (QED) is 0.703. The van der Waals surface area contributed by atoms with Crippen LogP contribution >= 0.6 is 0 Å². The first kappa shape index (κ1) is 19.0. The smallest absolute Gasteiger partial charge is 0.352 e. The lowest BCUT2D eigenvalue weighted by Gasteiger charge is -2.26. The van der Waals surface area contributed by atoms with Crippen LogP contribution in [0.25, 0.3) is 10.9 Å². The summed E-state index contributed by atoms with van der Waals surface area (Å²) in [7, 11) is 0. The molecule has 29 heavy (non-hydrogen) atoms. The molecule has 2 N–H and O–H groups in total. The number of aromatic nitrogens is 1. The van der Waals surface area contributed by atoms with Gasteiger partial charge >= 0.3 is 6.18 Å². The van der Waals surface area contributed by atoms with E-state index >= 15 is 0 Å². The third-order valence-corrected chi connectivity index (χ3v) is 4.96. The number of nitrogens with zero attached hydrogens (tertiary/aromatic N) is 1. The van der Waals surface area contributed by atoms with Gasteiger partial charge in [-0.25, -0.2) is 0 Å². The van der Waals surface area contributed by atoms with Gasteiger partial charge in [0.2, 0.25) is 5.91 Å². The third kappa shape index (κ3) is 3.96. The Morgan fingerprint density at radius 1 is 1.14 bits per heavy atom. The lowest BCUT2D eigenvalue weighted by atomic mass is 10.1. The second-order valence-electron chi connectivity index (χ2n) is 7.05. The van der Waals surface area contributed by atoms with Crippen LogP contribution in [0, 0.1) is 0 Å². The Morgan fingerprint density at radius 2 is 1.93 bits per heavy atom. The van der Waals surface area contributed by atoms with Gasteiger partial charge in [0.1, 0.15) is 5.69 Å². The minimum Gasteiger partial charge on any atom is -0.352 e. The molecule has 3 aromatic rings. The minimum absolute atomic E-state index is 0.0128. The van der Waals surface area contributed by atoms with Crippen molar-refractivity contribution in [2.75, 3.05) is 0 Å². The fourth-order valence-corrected chi connectivity index (χ4v) is 3.59. The molecule has 2 heterocycles. The molecular formula is C21H18F3N3O2. The molecule has 4 rings (SSSR count). The van der Waals surface area contributed by atoms with E-state index in [1.165, 1.54) is 12.1 Å². The summed E-state index contributed by atoms with van der Waals surface area (Å²) in [5.74, 6) is -0.587. The van der Waals surface area contributed by atoms with Crippen molar-refractivity contribution in [3.63, 3.8) is 0 Å². The Morgan fingerprint density at radius 3 is 2.72 bits per heavy atom. The summed E-state index contributed by atoms with van der Waals surface area (Å²) < 4.78 is 40.3. The van der Waals surface area contributed by atoms with E-state index in [1.807, 2.05) is 34.9 Å². The largest absolute Gasteiger partial charge is 0.416 e. The average Bonchev–Trinajstić information content (AvgIpc) is 3.05. The first-order chi connectivity index (χ1) is 13.8. The number of fused-ring (bicyclic) bond motifs is 3. The van der Waals surface area contributed by atoms with Gasteiger partial charge in [0.05, 0.1) is 11.6 Å². The van der Waals surface area contributed by atoms with E-state index in [0.29, 0.717) is 17.8 Å². The topological polar surface area (TPSA) is 63.1 Å². The summed E-state index contributed by atoms with van der Waals surface area (Å²) in [6.07, 6.45) is -4.39. The number of carbonyl (C=O) groups excluding carboxylic acids is 2. The maximum absolute atomic E-state index is 12.8. The molecule has 0 unspecified atom stereocenters. The molecule has 0 saturated carbocycles. The van der Waals surface area contributed by atoms with Crippen LogP contribution in [-0.4, -0.2) is 22.4 Å². The van der Waals surface area contributed by atoms with Crippen LogP contribution in [0.4, 0.5) is 13.2 Å². The van der Waals surface area contributed by atoms with Crippen molar-refractivity contribution in [2.45, 2.75) is 31.7 Å². The second-order valence-corrected chi connectivity index (χ2v) is 7.05. The molecule has 0 fully saturated rings. The van der Waals surface area contributed by atoms with Crippen LogP contribution in [0.15, 0.2) is 54.6 Å². The Labute approximate surface area is 164 Å². The van der Waals surface area contributed by atoms with Gasteiger partial charge in [-0.1, -0.05) is 30.3 Å². The molecule has 0 saturated heterocycles. The lowest BCUT2D eigenvalue weighted by molar-refractivity contribution is -0.137. The molecule has 8 heteroatoms. The molecule has 0 radical (unpaired) electrons. The van der Waals surface area contributed by atoms with Crippen molar-refractivity contribution in [1.29, 1.82) is 0 Å². The predicted molar refractivity (Wildman–Crippen MR) is 101 cm³/mol. The van der Waals surface area contributed by atoms with E-state index in [1.54, 1.807) is 0 Å². The number of carbonyl (C=O) groups is 2. The predicted octanol–water partition coefficient (Wildman–Crippen LogP) is 3.48. The van der Waals surface area contributed by atoms with Gasteiger partial charge in [-0.15, -0.1) is 0 Å². The standard InChI is InChI=1S/C21H18F3N3O2/c22-21(23,24)15-6-3-4-13(8-15)11-25-19(28)10-16-12-27-17-7-2-1-5-14(17)9-18(27)20(29)26-16/h1-9,16H,10-12H2,(H,25,28)(H,26,29)/t16-/m0/s1. The van der Waals surface area contributed by atoms with Crippen molar-refractivity contribution >= 4 is 22.7 Å². The summed E-state index contributed by atoms with van der Waals surface area (Å²) in [5, 5.41) is 6.40. The fraction of sp³-hybridized carbons (Fsp3) is 0.238. The average molecular weight is 401 g/mol. The Kier molecular flexibility index (Phi) is 4.77. The van der Waals surface area contributed by atoms with Crippen molar-refractivity contribution in [1.82, 2.24) is 15.2 Å². The maximum Gasteiger partial charge on any atom is 0.416 e. The van der Waals surface area contributed by atoms with Gasteiger partial charge in [-0.05, 0) is 29.8 Å². The first-order valence-corrected chi connectivity index (χ1v) is 9.13. The van der Waals surface area contributed by atoms with Crippen molar-refractivity contribution in [3.8, 4) is 0 Å². The second kappa shape index (κ2) is 7.27. The number of alkyl halides is 3. The Hall–Kier alpha value is -3.29. The van der Waals surface area contributed by atoms with Crippen LogP contribution < -0.4 is 10.6 Å². The molecule has 150 valence electrons. The number of nitrogens with one attached hydrogen (secondary N) is 2. The molecule has 1 aromatic heterocycles. The lowest BCUT2D eigenvalue weighted by Crippen LogP contribution is -2.46. The summed E-state index contributed by atoms with van der Waals surface area (Å²) in [6.45, 7) is 0.437. The maximum atomic E-state index is 12.8. The monoisotopic (exact) mass is 401 g/mol. The zero-order chi connectivity index (χ0) is 20.6. The minimum atomic E-state index is -4.43. The van der Waals surface area contributed by atoms with Gasteiger partial charge in [0, 0.05) is 30.4 Å². The highest BCUT2D eigenvalue weighted by Gasteiger charge is 2.30. The van der Waals surface area contributed by atoms with Gasteiger partial charge in [-0.2, -0.15) is 13.2 Å². The molecule has 2 amide bonds. The number of benzene rings is 2. The third-order valence-electron chi connectivity index (χ3n) is 4.96. The van der Waals surface area contributed by atoms with E-state index in [-0.39, 0.29) is 24.8 Å². The van der Waals surface area contributed by atoms with E-state index < -0.39 is 17.8 Å². The Bertz CT molecular complexity index is 1090. The number of hydrogen-bond donors (Lipinski definition) is 2. The van der Waals surface area contributed by atoms with Crippen LogP contribution in [-0.2, 0) is 24.1 Å². The van der Waals surface area contributed by atoms with Crippen LogP contribution in [0.1, 0.15) is 28.0 Å². The van der Waals surface area contributed by atoms with Gasteiger partial charge in [0.15, 0.2) is 0 Å². The van der Waals surface area contributed by atoms with Gasteiger partial charge < -0.3 is 15.2 Å². The fourth-order valence-electron chi connectivity index (χ4n) is 3.59. The summed E-state index contributed by atoms with van der Waals surface area (Å²) in [5.41, 5.74) is 1.08. The molecule has 0 aliphatic carbocycles. The van der Waals surface area contributed by atoms with Gasteiger partial charge in [-0.3, -0.25) is 9.59 Å². The number of para-hydroxylation sites is 1. The molecular weight excluding hydrogens is 383 g/mol. The summed E-state index contributed by atoms with van der Waals surface area (Å²) in [4.78, 5) is 24.7. The highest BCUT2D eigenvalue weighted by atomic mass is 19.4.